The molecular weight excluding hydrogens is 332 g/mol. The summed E-state index contributed by atoms with van der Waals surface area (Å²) in [6.07, 6.45) is 2.57. The molecule has 0 aliphatic carbocycles. The normalized spacial score (nSPS) is 18.3. The van der Waals surface area contributed by atoms with Crippen molar-refractivity contribution >= 4 is 10.0 Å². The van der Waals surface area contributed by atoms with Gasteiger partial charge < -0.3 is 14.6 Å². The Morgan fingerprint density at radius 2 is 1.96 bits per heavy atom. The molecular formula is C16H26N2O5S. The molecule has 1 aliphatic heterocycles. The minimum Gasteiger partial charge on any atom is -0.493 e. The Balaban J connectivity index is 1.96. The lowest BCUT2D eigenvalue weighted by Crippen LogP contribution is -2.47. The molecule has 0 bridgehead atoms. The van der Waals surface area contributed by atoms with Gasteiger partial charge in [0.15, 0.2) is 11.5 Å². The molecule has 0 radical (unpaired) electrons. The van der Waals surface area contributed by atoms with E-state index in [1.807, 2.05) is 18.2 Å². The van der Waals surface area contributed by atoms with E-state index in [0.29, 0.717) is 31.0 Å². The van der Waals surface area contributed by atoms with Crippen molar-refractivity contribution in [3.05, 3.63) is 23.8 Å². The van der Waals surface area contributed by atoms with Crippen molar-refractivity contribution in [3.8, 4) is 11.5 Å². The Bertz CT molecular complexity index is 642. The molecule has 1 aliphatic rings. The predicted octanol–water partition coefficient (Wildman–Crippen LogP) is 0.783. The number of ether oxygens (including phenoxy) is 2. The second kappa shape index (κ2) is 8.15. The highest BCUT2D eigenvalue weighted by Gasteiger charge is 2.27. The Labute approximate surface area is 143 Å². The Morgan fingerprint density at radius 3 is 2.50 bits per heavy atom. The van der Waals surface area contributed by atoms with E-state index in [4.69, 9.17) is 9.47 Å². The smallest absolute Gasteiger partial charge is 0.221 e. The number of sulfonamides is 1. The van der Waals surface area contributed by atoms with Crippen LogP contribution in [-0.4, -0.2) is 58.2 Å². The molecule has 2 rings (SSSR count). The zero-order chi connectivity index (χ0) is 17.7. The number of para-hydroxylation sites is 1. The van der Waals surface area contributed by atoms with Crippen molar-refractivity contribution in [3.63, 3.8) is 0 Å². The molecule has 0 aromatic heterocycles. The second-order valence-corrected chi connectivity index (χ2v) is 7.84. The van der Waals surface area contributed by atoms with Gasteiger partial charge in [-0.25, -0.2) is 13.4 Å². The molecule has 0 saturated carbocycles. The van der Waals surface area contributed by atoms with Gasteiger partial charge in [0.1, 0.15) is 0 Å². The molecule has 0 spiro atoms. The molecule has 1 aromatic rings. The molecule has 8 heteroatoms. The third-order valence-corrected chi connectivity index (χ3v) is 4.88. The first-order valence-corrected chi connectivity index (χ1v) is 9.83. The summed E-state index contributed by atoms with van der Waals surface area (Å²) in [6.45, 7) is 1.17. The molecule has 1 heterocycles. The number of benzene rings is 1. The second-order valence-electron chi connectivity index (χ2n) is 6.11. The van der Waals surface area contributed by atoms with E-state index in [2.05, 4.69) is 4.83 Å². The molecule has 0 amide bonds. The summed E-state index contributed by atoms with van der Waals surface area (Å²) in [5, 5.41) is 12.3. The van der Waals surface area contributed by atoms with Crippen LogP contribution in [0.5, 0.6) is 11.5 Å². The number of nitrogens with zero attached hydrogens (tertiary/aromatic N) is 1. The van der Waals surface area contributed by atoms with Gasteiger partial charge >= 0.3 is 0 Å². The van der Waals surface area contributed by atoms with Crippen LogP contribution in [0.2, 0.25) is 0 Å². The number of hydrogen-bond donors (Lipinski definition) is 2. The highest BCUT2D eigenvalue weighted by atomic mass is 32.2. The summed E-state index contributed by atoms with van der Waals surface area (Å²) in [5.41, 5.74) is 0.904. The SMILES string of the molecule is COc1cccc(CC(O)C2CCN(NS(C)(=O)=O)CC2)c1OC. The maximum atomic E-state index is 11.3. The van der Waals surface area contributed by atoms with E-state index in [9.17, 15) is 13.5 Å². The zero-order valence-electron chi connectivity index (χ0n) is 14.4. The molecule has 1 unspecified atom stereocenters. The first-order valence-electron chi connectivity index (χ1n) is 7.94. The monoisotopic (exact) mass is 358 g/mol. The summed E-state index contributed by atoms with van der Waals surface area (Å²) < 4.78 is 33.2. The van der Waals surface area contributed by atoms with Crippen LogP contribution in [0.4, 0.5) is 0 Å². The van der Waals surface area contributed by atoms with Gasteiger partial charge in [0.25, 0.3) is 0 Å². The highest BCUT2D eigenvalue weighted by molar-refractivity contribution is 7.88. The van der Waals surface area contributed by atoms with Crippen molar-refractivity contribution in [2.75, 3.05) is 33.6 Å². The molecule has 1 aromatic carbocycles. The average Bonchev–Trinajstić information content (AvgIpc) is 2.53. The molecule has 2 N–H and O–H groups in total. The molecule has 7 nitrogen and oxygen atoms in total. The van der Waals surface area contributed by atoms with Crippen molar-refractivity contribution in [2.24, 2.45) is 5.92 Å². The van der Waals surface area contributed by atoms with Gasteiger partial charge in [-0.15, -0.1) is 4.83 Å². The summed E-state index contributed by atoms with van der Waals surface area (Å²) in [7, 11) is -0.0715. The number of hydrazine groups is 1. The van der Waals surface area contributed by atoms with Gasteiger partial charge in [0.05, 0.1) is 26.6 Å². The molecule has 1 saturated heterocycles. The Kier molecular flexibility index (Phi) is 6.45. The minimum absolute atomic E-state index is 0.124. The maximum Gasteiger partial charge on any atom is 0.221 e. The average molecular weight is 358 g/mol. The highest BCUT2D eigenvalue weighted by Crippen LogP contribution is 2.33. The summed E-state index contributed by atoms with van der Waals surface area (Å²) in [5.74, 6) is 1.42. The van der Waals surface area contributed by atoms with E-state index in [1.54, 1.807) is 19.2 Å². The quantitative estimate of drug-likeness (QED) is 0.749. The lowest BCUT2D eigenvalue weighted by Gasteiger charge is -2.33. The van der Waals surface area contributed by atoms with Crippen LogP contribution < -0.4 is 14.3 Å². The van der Waals surface area contributed by atoms with Gasteiger partial charge in [-0.2, -0.15) is 0 Å². The number of piperidine rings is 1. The van der Waals surface area contributed by atoms with Crippen molar-refractivity contribution < 1.29 is 23.0 Å². The number of nitrogens with one attached hydrogen (secondary N) is 1. The van der Waals surface area contributed by atoms with Crippen molar-refractivity contribution in [2.45, 2.75) is 25.4 Å². The number of aliphatic hydroxyl groups excluding tert-OH is 1. The lowest BCUT2D eigenvalue weighted by atomic mass is 9.88. The van der Waals surface area contributed by atoms with Gasteiger partial charge in [0.2, 0.25) is 10.0 Å². The van der Waals surface area contributed by atoms with E-state index in [0.717, 1.165) is 24.7 Å². The largest absolute Gasteiger partial charge is 0.493 e. The molecule has 24 heavy (non-hydrogen) atoms. The lowest BCUT2D eigenvalue weighted by molar-refractivity contribution is 0.0530. The first kappa shape index (κ1) is 19.0. The fourth-order valence-corrected chi connectivity index (χ4v) is 3.77. The topological polar surface area (TPSA) is 88.1 Å². The predicted molar refractivity (Wildman–Crippen MR) is 91.5 cm³/mol. The van der Waals surface area contributed by atoms with Gasteiger partial charge in [0, 0.05) is 25.1 Å². The van der Waals surface area contributed by atoms with Crippen molar-refractivity contribution in [1.29, 1.82) is 0 Å². The van der Waals surface area contributed by atoms with Crippen LogP contribution in [0.25, 0.3) is 0 Å². The summed E-state index contributed by atoms with van der Waals surface area (Å²) >= 11 is 0. The summed E-state index contributed by atoms with van der Waals surface area (Å²) in [4.78, 5) is 2.49. The van der Waals surface area contributed by atoms with Crippen LogP contribution in [0.1, 0.15) is 18.4 Å². The fraction of sp³-hybridized carbons (Fsp3) is 0.625. The Morgan fingerprint density at radius 1 is 1.29 bits per heavy atom. The van der Waals surface area contributed by atoms with Crippen LogP contribution >= 0.6 is 0 Å². The fourth-order valence-electron chi connectivity index (χ4n) is 3.12. The van der Waals surface area contributed by atoms with E-state index in [1.165, 1.54) is 0 Å². The molecule has 136 valence electrons. The zero-order valence-corrected chi connectivity index (χ0v) is 15.2. The van der Waals surface area contributed by atoms with Crippen molar-refractivity contribution in [1.82, 2.24) is 9.84 Å². The molecule has 1 fully saturated rings. The van der Waals surface area contributed by atoms with E-state index < -0.39 is 16.1 Å². The van der Waals surface area contributed by atoms with Crippen LogP contribution in [0.15, 0.2) is 18.2 Å². The third-order valence-electron chi connectivity index (χ3n) is 4.29. The van der Waals surface area contributed by atoms with Gasteiger partial charge in [-0.1, -0.05) is 12.1 Å². The minimum atomic E-state index is -3.24. The number of methoxy groups -OCH3 is 2. The maximum absolute atomic E-state index is 11.3. The van der Waals surface area contributed by atoms with Gasteiger partial charge in [-0.3, -0.25) is 0 Å². The third kappa shape index (κ3) is 5.07. The van der Waals surface area contributed by atoms with Crippen LogP contribution in [0, 0.1) is 5.92 Å². The standard InChI is InChI=1S/C16H26N2O5S/c1-22-15-6-4-5-13(16(15)23-2)11-14(19)12-7-9-18(10-8-12)17-24(3,20)21/h4-6,12,14,17,19H,7-11H2,1-3H3. The Hall–Kier alpha value is -1.35. The van der Waals surface area contributed by atoms with Crippen LogP contribution in [0.3, 0.4) is 0 Å². The number of aliphatic hydroxyl groups is 1. The summed E-state index contributed by atoms with van der Waals surface area (Å²) in [6, 6.07) is 5.62. The molecule has 1 atom stereocenters. The van der Waals surface area contributed by atoms with Gasteiger partial charge in [-0.05, 0) is 24.8 Å². The first-order chi connectivity index (χ1) is 11.3. The number of hydrogen-bond acceptors (Lipinski definition) is 6. The van der Waals surface area contributed by atoms with Crippen LogP contribution in [-0.2, 0) is 16.4 Å². The van der Waals surface area contributed by atoms with E-state index in [-0.39, 0.29) is 5.92 Å². The number of rotatable bonds is 7. The van der Waals surface area contributed by atoms with E-state index >= 15 is 0 Å².